The molecule has 2 aromatic carbocycles. The molecule has 2 aromatic rings. The third-order valence-electron chi connectivity index (χ3n) is 6.94. The summed E-state index contributed by atoms with van der Waals surface area (Å²) in [6.07, 6.45) is 1.04. The number of rotatable bonds is 5. The summed E-state index contributed by atoms with van der Waals surface area (Å²) >= 11 is 0. The van der Waals surface area contributed by atoms with Gasteiger partial charge in [0.2, 0.25) is 0 Å². The number of phenols is 2. The number of aromatic hydroxyl groups is 2. The van der Waals surface area contributed by atoms with Crippen molar-refractivity contribution in [2.75, 3.05) is 0 Å². The molecule has 3 rings (SSSR count). The molecule has 1 aliphatic heterocycles. The number of hydrogen-bond donors (Lipinski definition) is 3. The van der Waals surface area contributed by atoms with E-state index in [1.807, 2.05) is 58.9 Å². The van der Waals surface area contributed by atoms with Crippen molar-refractivity contribution < 1.29 is 19.8 Å². The van der Waals surface area contributed by atoms with Crippen molar-refractivity contribution in [1.29, 1.82) is 0 Å². The van der Waals surface area contributed by atoms with E-state index in [9.17, 15) is 19.8 Å². The molecule has 1 fully saturated rings. The Balaban J connectivity index is 1.82. The lowest BCUT2D eigenvalue weighted by Crippen LogP contribution is -2.44. The normalized spacial score (nSPS) is 18.8. The van der Waals surface area contributed by atoms with Crippen molar-refractivity contribution in [2.24, 2.45) is 0 Å². The molecule has 6 heteroatoms. The Morgan fingerprint density at radius 1 is 0.829 bits per heavy atom. The predicted molar refractivity (Wildman–Crippen MR) is 139 cm³/mol. The Kier molecular flexibility index (Phi) is 6.75. The maximum absolute atomic E-state index is 13.4. The highest BCUT2D eigenvalue weighted by atomic mass is 16.3. The zero-order chi connectivity index (χ0) is 26.5. The van der Waals surface area contributed by atoms with Crippen molar-refractivity contribution in [1.82, 2.24) is 10.2 Å². The van der Waals surface area contributed by atoms with Crippen LogP contribution in [0, 0.1) is 13.8 Å². The largest absolute Gasteiger partial charge is 0.507 e. The number of nitrogens with one attached hydrogen (secondary N) is 1. The molecule has 0 bridgehead atoms. The second kappa shape index (κ2) is 8.89. The van der Waals surface area contributed by atoms with Gasteiger partial charge in [0, 0.05) is 0 Å². The first kappa shape index (κ1) is 26.6. The van der Waals surface area contributed by atoms with Gasteiger partial charge in [-0.05, 0) is 83.9 Å². The monoisotopic (exact) mass is 480 g/mol. The van der Waals surface area contributed by atoms with E-state index < -0.39 is 11.6 Å². The van der Waals surface area contributed by atoms with Crippen molar-refractivity contribution >= 4 is 11.9 Å². The SMILES string of the molecule is Cc1cc(CCC2(C)NC(=O)N(Cc3cc(C)c(O)c(C(C)(C)C)c3)C2=O)cc(C(C)(C)C)c1O. The first-order valence-corrected chi connectivity index (χ1v) is 12.2. The van der Waals surface area contributed by atoms with Crippen LogP contribution in [-0.2, 0) is 28.6 Å². The molecule has 6 nitrogen and oxygen atoms in total. The Bertz CT molecular complexity index is 1170. The number of amides is 3. The number of phenolic OH excluding ortho intramolecular Hbond substituents is 2. The van der Waals surface area contributed by atoms with E-state index in [0.29, 0.717) is 18.6 Å². The van der Waals surface area contributed by atoms with Crippen LogP contribution in [0.2, 0.25) is 0 Å². The zero-order valence-electron chi connectivity index (χ0n) is 22.6. The van der Waals surface area contributed by atoms with Crippen LogP contribution in [0.3, 0.4) is 0 Å². The molecule has 1 saturated heterocycles. The van der Waals surface area contributed by atoms with Crippen molar-refractivity contribution in [2.45, 2.75) is 98.1 Å². The van der Waals surface area contributed by atoms with Gasteiger partial charge in [-0.1, -0.05) is 59.7 Å². The van der Waals surface area contributed by atoms with E-state index in [1.54, 1.807) is 6.92 Å². The molecule has 1 aliphatic rings. The van der Waals surface area contributed by atoms with Crippen LogP contribution in [0.1, 0.15) is 88.3 Å². The van der Waals surface area contributed by atoms with Gasteiger partial charge in [-0.3, -0.25) is 9.69 Å². The van der Waals surface area contributed by atoms with Crippen molar-refractivity contribution in [3.63, 3.8) is 0 Å². The highest BCUT2D eigenvalue weighted by Gasteiger charge is 2.47. The third kappa shape index (κ3) is 5.31. The lowest BCUT2D eigenvalue weighted by atomic mass is 9.83. The summed E-state index contributed by atoms with van der Waals surface area (Å²) in [6.45, 7) is 17.9. The average molecular weight is 481 g/mol. The average Bonchev–Trinajstić information content (AvgIpc) is 2.93. The molecule has 0 saturated carbocycles. The Morgan fingerprint density at radius 3 is 1.77 bits per heavy atom. The van der Waals surface area contributed by atoms with Crippen molar-refractivity contribution in [3.8, 4) is 11.5 Å². The number of aryl methyl sites for hydroxylation is 3. The second-order valence-corrected chi connectivity index (χ2v) is 12.3. The topological polar surface area (TPSA) is 89.9 Å². The fourth-order valence-electron chi connectivity index (χ4n) is 4.72. The summed E-state index contributed by atoms with van der Waals surface area (Å²) < 4.78 is 0. The maximum atomic E-state index is 13.4. The highest BCUT2D eigenvalue weighted by Crippen LogP contribution is 2.36. The number of nitrogens with zero attached hydrogens (tertiary/aromatic N) is 1. The lowest BCUT2D eigenvalue weighted by Gasteiger charge is -2.25. The van der Waals surface area contributed by atoms with Gasteiger partial charge in [-0.25, -0.2) is 4.79 Å². The molecule has 1 unspecified atom stereocenters. The molecule has 0 spiro atoms. The van der Waals surface area contributed by atoms with Gasteiger partial charge >= 0.3 is 6.03 Å². The molecule has 0 aromatic heterocycles. The van der Waals surface area contributed by atoms with Crippen LogP contribution in [-0.4, -0.2) is 32.6 Å². The van der Waals surface area contributed by atoms with Gasteiger partial charge < -0.3 is 15.5 Å². The Morgan fingerprint density at radius 2 is 1.29 bits per heavy atom. The fraction of sp³-hybridized carbons (Fsp3) is 0.517. The first-order chi connectivity index (χ1) is 15.9. The zero-order valence-corrected chi connectivity index (χ0v) is 22.6. The van der Waals surface area contributed by atoms with E-state index in [2.05, 4.69) is 26.1 Å². The van der Waals surface area contributed by atoms with Crippen LogP contribution in [0.15, 0.2) is 24.3 Å². The summed E-state index contributed by atoms with van der Waals surface area (Å²) in [5.74, 6) is 0.307. The van der Waals surface area contributed by atoms with Crippen molar-refractivity contribution in [3.05, 3.63) is 57.6 Å². The van der Waals surface area contributed by atoms with Crippen LogP contribution in [0.5, 0.6) is 11.5 Å². The number of hydrogen-bond acceptors (Lipinski definition) is 4. The van der Waals surface area contributed by atoms with E-state index >= 15 is 0 Å². The van der Waals surface area contributed by atoms with Gasteiger partial charge in [-0.15, -0.1) is 0 Å². The molecular weight excluding hydrogens is 440 g/mol. The summed E-state index contributed by atoms with van der Waals surface area (Å²) in [5.41, 5.74) is 3.53. The molecule has 3 amide bonds. The summed E-state index contributed by atoms with van der Waals surface area (Å²) in [4.78, 5) is 27.5. The molecule has 0 aliphatic carbocycles. The summed E-state index contributed by atoms with van der Waals surface area (Å²) in [7, 11) is 0. The van der Waals surface area contributed by atoms with Gasteiger partial charge in [-0.2, -0.15) is 0 Å². The van der Waals surface area contributed by atoms with Crippen LogP contribution in [0.25, 0.3) is 0 Å². The summed E-state index contributed by atoms with van der Waals surface area (Å²) in [5, 5.41) is 23.9. The molecular formula is C29H40N2O4. The standard InChI is InChI=1S/C29H40N2O4/c1-17-12-19(14-21(23(17)32)27(3,4)5)10-11-29(9)25(34)31(26(35)30-29)16-20-13-18(2)24(33)22(15-20)28(6,7)8/h12-15,32-33H,10-11,16H2,1-9H3,(H,30,35). The number of carbonyl (C=O) groups excluding carboxylic acids is 2. The van der Waals surface area contributed by atoms with E-state index in [4.69, 9.17) is 0 Å². The third-order valence-corrected chi connectivity index (χ3v) is 6.94. The van der Waals surface area contributed by atoms with Crippen LogP contribution >= 0.6 is 0 Å². The number of carbonyl (C=O) groups is 2. The Hall–Kier alpha value is -3.02. The van der Waals surface area contributed by atoms with Crippen LogP contribution in [0.4, 0.5) is 4.79 Å². The van der Waals surface area contributed by atoms with E-state index in [1.165, 1.54) is 4.90 Å². The first-order valence-electron chi connectivity index (χ1n) is 12.2. The van der Waals surface area contributed by atoms with E-state index in [-0.39, 0.29) is 29.0 Å². The molecule has 1 heterocycles. The second-order valence-electron chi connectivity index (χ2n) is 12.3. The minimum atomic E-state index is -1.01. The molecule has 0 radical (unpaired) electrons. The highest BCUT2D eigenvalue weighted by molar-refractivity contribution is 6.06. The molecule has 3 N–H and O–H groups in total. The summed E-state index contributed by atoms with van der Waals surface area (Å²) in [6, 6.07) is 7.25. The fourth-order valence-corrected chi connectivity index (χ4v) is 4.72. The molecule has 1 atom stereocenters. The molecule has 190 valence electrons. The molecule has 35 heavy (non-hydrogen) atoms. The lowest BCUT2D eigenvalue weighted by molar-refractivity contribution is -0.131. The number of urea groups is 1. The minimum Gasteiger partial charge on any atom is -0.507 e. The van der Waals surface area contributed by atoms with Gasteiger partial charge in [0.1, 0.15) is 17.0 Å². The number of benzene rings is 2. The van der Waals surface area contributed by atoms with Crippen LogP contribution < -0.4 is 5.32 Å². The van der Waals surface area contributed by atoms with Gasteiger partial charge in [0.25, 0.3) is 5.91 Å². The van der Waals surface area contributed by atoms with E-state index in [0.717, 1.165) is 33.4 Å². The quantitative estimate of drug-likeness (QED) is 0.475. The predicted octanol–water partition coefficient (Wildman–Crippen LogP) is 5.75. The number of imide groups is 1. The smallest absolute Gasteiger partial charge is 0.325 e. The maximum Gasteiger partial charge on any atom is 0.325 e. The van der Waals surface area contributed by atoms with Gasteiger partial charge in [0.05, 0.1) is 6.54 Å². The van der Waals surface area contributed by atoms with Gasteiger partial charge in [0.15, 0.2) is 0 Å². The Labute approximate surface area is 209 Å². The minimum absolute atomic E-state index is 0.150.